The predicted octanol–water partition coefficient (Wildman–Crippen LogP) is 5.81. The Morgan fingerprint density at radius 2 is 1.60 bits per heavy atom. The van der Waals surface area contributed by atoms with Gasteiger partial charge in [0, 0.05) is 54.0 Å². The maximum absolute atomic E-state index is 13.3. The van der Waals surface area contributed by atoms with E-state index >= 15 is 0 Å². The molecule has 0 fully saturated rings. The number of anilines is 1. The molecule has 0 atom stereocenters. The van der Waals surface area contributed by atoms with Gasteiger partial charge in [0.05, 0.1) is 18.7 Å². The lowest BCUT2D eigenvalue weighted by Gasteiger charge is -2.42. The SMILES string of the molecule is CCOc1cc(C2C3=C(CCCC3=O)N(C)C3=C2C(=O)CCC3)cc(Cl)c1OCC(=O)Nc1ccc(OC)cc1. The summed E-state index contributed by atoms with van der Waals surface area (Å²) in [6.07, 6.45) is 4.07. The second kappa shape index (κ2) is 11.8. The highest BCUT2D eigenvalue weighted by molar-refractivity contribution is 6.32. The second-order valence-electron chi connectivity index (χ2n) is 10.1. The van der Waals surface area contributed by atoms with Crippen LogP contribution in [0.3, 0.4) is 0 Å². The third kappa shape index (κ3) is 5.32. The number of hydrogen-bond acceptors (Lipinski definition) is 7. The Morgan fingerprint density at radius 1 is 0.975 bits per heavy atom. The van der Waals surface area contributed by atoms with Crippen LogP contribution >= 0.6 is 11.6 Å². The quantitative estimate of drug-likeness (QED) is 0.432. The number of amides is 1. The number of ketones is 2. The van der Waals surface area contributed by atoms with Crippen molar-refractivity contribution < 1.29 is 28.6 Å². The van der Waals surface area contributed by atoms with Crippen molar-refractivity contribution in [2.24, 2.45) is 0 Å². The van der Waals surface area contributed by atoms with Crippen LogP contribution in [0.25, 0.3) is 0 Å². The Morgan fingerprint density at radius 3 is 2.17 bits per heavy atom. The zero-order valence-corrected chi connectivity index (χ0v) is 23.7. The van der Waals surface area contributed by atoms with Gasteiger partial charge in [0.1, 0.15) is 5.75 Å². The Kier molecular flexibility index (Phi) is 8.17. The first-order valence-electron chi connectivity index (χ1n) is 13.6. The molecule has 5 rings (SSSR count). The van der Waals surface area contributed by atoms with Crippen LogP contribution in [-0.4, -0.2) is 49.7 Å². The number of allylic oxidation sites excluding steroid dienone is 4. The fraction of sp³-hybridized carbons (Fsp3) is 0.387. The van der Waals surface area contributed by atoms with Gasteiger partial charge in [-0.3, -0.25) is 14.4 Å². The summed E-state index contributed by atoms with van der Waals surface area (Å²) in [5.41, 5.74) is 4.63. The number of carbonyl (C=O) groups excluding carboxylic acids is 3. The molecule has 0 saturated heterocycles. The molecule has 0 unspecified atom stereocenters. The van der Waals surface area contributed by atoms with Gasteiger partial charge in [-0.05, 0) is 74.6 Å². The number of halogens is 1. The van der Waals surface area contributed by atoms with Crippen molar-refractivity contribution in [1.82, 2.24) is 4.90 Å². The minimum absolute atomic E-state index is 0.0626. The number of hydrogen-bond donors (Lipinski definition) is 1. The summed E-state index contributed by atoms with van der Waals surface area (Å²) in [5.74, 6) is 0.526. The van der Waals surface area contributed by atoms with E-state index in [1.54, 1.807) is 43.5 Å². The summed E-state index contributed by atoms with van der Waals surface area (Å²) in [4.78, 5) is 41.3. The van der Waals surface area contributed by atoms with Gasteiger partial charge in [-0.2, -0.15) is 0 Å². The molecule has 0 saturated carbocycles. The molecule has 1 aliphatic heterocycles. The molecule has 2 aliphatic carbocycles. The van der Waals surface area contributed by atoms with Gasteiger partial charge in [0.2, 0.25) is 0 Å². The van der Waals surface area contributed by atoms with E-state index in [0.717, 1.165) is 37.1 Å². The largest absolute Gasteiger partial charge is 0.497 e. The fourth-order valence-corrected chi connectivity index (χ4v) is 6.13. The highest BCUT2D eigenvalue weighted by Gasteiger charge is 2.42. The van der Waals surface area contributed by atoms with Gasteiger partial charge in [-0.25, -0.2) is 0 Å². The molecule has 3 aliphatic rings. The van der Waals surface area contributed by atoms with Gasteiger partial charge in [-0.1, -0.05) is 11.6 Å². The Bertz CT molecular complexity index is 1370. The van der Waals surface area contributed by atoms with Crippen LogP contribution in [0.2, 0.25) is 5.02 Å². The van der Waals surface area contributed by atoms with E-state index in [2.05, 4.69) is 10.2 Å². The molecular formula is C31H33ClN2O6. The van der Waals surface area contributed by atoms with Crippen LogP contribution in [0.5, 0.6) is 17.2 Å². The van der Waals surface area contributed by atoms with E-state index in [0.29, 0.717) is 53.3 Å². The molecule has 1 heterocycles. The van der Waals surface area contributed by atoms with Crippen molar-refractivity contribution in [2.75, 3.05) is 32.7 Å². The lowest BCUT2D eigenvalue weighted by atomic mass is 9.71. The van der Waals surface area contributed by atoms with Gasteiger partial charge in [0.15, 0.2) is 29.7 Å². The fourth-order valence-electron chi connectivity index (χ4n) is 5.85. The number of ether oxygens (including phenoxy) is 3. The first-order valence-corrected chi connectivity index (χ1v) is 14.0. The van der Waals surface area contributed by atoms with E-state index < -0.39 is 5.92 Å². The Hall–Kier alpha value is -3.78. The summed E-state index contributed by atoms with van der Waals surface area (Å²) in [7, 11) is 3.54. The third-order valence-corrected chi connectivity index (χ3v) is 7.91. The molecule has 2 aromatic rings. The van der Waals surface area contributed by atoms with Gasteiger partial charge < -0.3 is 24.4 Å². The Labute approximate surface area is 238 Å². The van der Waals surface area contributed by atoms with E-state index in [1.165, 1.54) is 0 Å². The predicted molar refractivity (Wildman–Crippen MR) is 152 cm³/mol. The van der Waals surface area contributed by atoms with Gasteiger partial charge in [0.25, 0.3) is 5.91 Å². The van der Waals surface area contributed by atoms with E-state index in [1.807, 2.05) is 14.0 Å². The number of Topliss-reactive ketones (excluding diaryl/α,β-unsaturated/α-hetero) is 2. The lowest BCUT2D eigenvalue weighted by molar-refractivity contribution is -0.118. The molecule has 1 N–H and O–H groups in total. The first kappa shape index (κ1) is 27.8. The number of methoxy groups -OCH3 is 1. The highest BCUT2D eigenvalue weighted by atomic mass is 35.5. The smallest absolute Gasteiger partial charge is 0.262 e. The summed E-state index contributed by atoms with van der Waals surface area (Å²) < 4.78 is 16.9. The molecule has 1 amide bonds. The van der Waals surface area contributed by atoms with Crippen molar-refractivity contribution in [2.45, 2.75) is 51.4 Å². The maximum Gasteiger partial charge on any atom is 0.262 e. The standard InChI is InChI=1S/C31H33ClN2O6/c1-4-39-26-16-18(15-21(32)31(26)40-17-27(37)33-19-11-13-20(38-3)14-12-19)28-29-22(7-5-9-24(29)35)34(2)23-8-6-10-25(36)30(23)28/h11-16,28H,4-10,17H2,1-3H3,(H,33,37). The van der Waals surface area contributed by atoms with Crippen LogP contribution in [0.4, 0.5) is 5.69 Å². The minimum atomic E-state index is -0.508. The first-order chi connectivity index (χ1) is 19.3. The van der Waals surface area contributed by atoms with E-state index in [9.17, 15) is 14.4 Å². The molecule has 0 radical (unpaired) electrons. The third-order valence-electron chi connectivity index (χ3n) is 7.63. The molecular weight excluding hydrogens is 532 g/mol. The van der Waals surface area contributed by atoms with Gasteiger partial charge >= 0.3 is 0 Å². The molecule has 210 valence electrons. The molecule has 2 aromatic carbocycles. The number of nitrogens with zero attached hydrogens (tertiary/aromatic N) is 1. The van der Waals surface area contributed by atoms with Crippen molar-refractivity contribution in [1.29, 1.82) is 0 Å². The Balaban J connectivity index is 1.47. The lowest BCUT2D eigenvalue weighted by Crippen LogP contribution is -2.37. The van der Waals surface area contributed by atoms with Gasteiger partial charge in [-0.15, -0.1) is 0 Å². The van der Waals surface area contributed by atoms with Crippen molar-refractivity contribution in [3.8, 4) is 17.2 Å². The van der Waals surface area contributed by atoms with Crippen molar-refractivity contribution in [3.05, 3.63) is 69.5 Å². The highest BCUT2D eigenvalue weighted by Crippen LogP contribution is 2.50. The van der Waals surface area contributed by atoms with E-state index in [-0.39, 0.29) is 34.9 Å². The number of carbonyl (C=O) groups is 3. The van der Waals surface area contributed by atoms with Crippen LogP contribution < -0.4 is 19.5 Å². The van der Waals surface area contributed by atoms with Crippen LogP contribution in [0.1, 0.15) is 56.9 Å². The molecule has 0 bridgehead atoms. The monoisotopic (exact) mass is 564 g/mol. The number of rotatable bonds is 8. The van der Waals surface area contributed by atoms with Crippen molar-refractivity contribution in [3.63, 3.8) is 0 Å². The molecule has 0 aromatic heterocycles. The maximum atomic E-state index is 13.3. The number of benzene rings is 2. The second-order valence-corrected chi connectivity index (χ2v) is 10.5. The van der Waals surface area contributed by atoms with E-state index in [4.69, 9.17) is 25.8 Å². The normalized spacial score (nSPS) is 17.4. The minimum Gasteiger partial charge on any atom is -0.497 e. The summed E-state index contributed by atoms with van der Waals surface area (Å²) in [5, 5.41) is 3.02. The summed E-state index contributed by atoms with van der Waals surface area (Å²) in [6.45, 7) is 1.88. The van der Waals surface area contributed by atoms with Crippen molar-refractivity contribution >= 4 is 34.8 Å². The average Bonchev–Trinajstić information content (AvgIpc) is 2.94. The summed E-state index contributed by atoms with van der Waals surface area (Å²) in [6, 6.07) is 10.5. The zero-order valence-electron chi connectivity index (χ0n) is 23.0. The van der Waals surface area contributed by atoms with Crippen LogP contribution in [-0.2, 0) is 14.4 Å². The molecule has 0 spiro atoms. The molecule has 40 heavy (non-hydrogen) atoms. The topological polar surface area (TPSA) is 94.2 Å². The van der Waals surface area contributed by atoms with Crippen LogP contribution in [0, 0.1) is 0 Å². The molecule has 8 nitrogen and oxygen atoms in total. The zero-order chi connectivity index (χ0) is 28.4. The summed E-state index contributed by atoms with van der Waals surface area (Å²) >= 11 is 6.76. The number of nitrogens with one attached hydrogen (secondary N) is 1. The van der Waals surface area contributed by atoms with Crippen LogP contribution in [0.15, 0.2) is 58.9 Å². The molecule has 9 heteroatoms. The average molecular weight is 565 g/mol.